The Kier molecular flexibility index (Phi) is 47.4. The van der Waals surface area contributed by atoms with Crippen molar-refractivity contribution in [2.45, 2.75) is 258 Å². The Labute approximate surface area is 355 Å². The van der Waals surface area contributed by atoms with E-state index in [1.807, 2.05) is 0 Å². The molecule has 5 nitrogen and oxygen atoms in total. The van der Waals surface area contributed by atoms with Gasteiger partial charge >= 0.3 is 23.0 Å². The van der Waals surface area contributed by atoms with Crippen LogP contribution in [-0.4, -0.2) is 54.4 Å². The maximum absolute atomic E-state index is 12.7. The molecule has 1 N–H and O–H groups in total. The van der Waals surface area contributed by atoms with E-state index in [0.717, 1.165) is 89.6 Å². The predicted octanol–water partition coefficient (Wildman–Crippen LogP) is 14.8. The minimum atomic E-state index is 0. The van der Waals surface area contributed by atoms with Crippen LogP contribution in [0.15, 0.2) is 12.3 Å². The van der Waals surface area contributed by atoms with Gasteiger partial charge in [0.2, 0.25) is 0 Å². The number of nitrogens with zero attached hydrogens (tertiary/aromatic N) is 1. The van der Waals surface area contributed by atoms with Gasteiger partial charge in [0, 0.05) is 19.4 Å². The van der Waals surface area contributed by atoms with Crippen LogP contribution >= 0.6 is 0 Å². The Bertz CT molecular complexity index is 694. The van der Waals surface area contributed by atoms with Crippen LogP contribution in [0.2, 0.25) is 0 Å². The summed E-state index contributed by atoms with van der Waals surface area (Å²) < 4.78 is 12.5. The molecule has 0 aliphatic heterocycles. The molecule has 0 aromatic heterocycles. The molecule has 0 unspecified atom stereocenters. The summed E-state index contributed by atoms with van der Waals surface area (Å²) in [6.07, 6.45) is 45.3. The first-order valence-electron chi connectivity index (χ1n) is 24.0. The topological polar surface area (TPSA) is 59.0 Å². The molecule has 0 aliphatic carbocycles. The third-order valence-corrected chi connectivity index (χ3v) is 11.0. The van der Waals surface area contributed by atoms with Crippen LogP contribution in [0.25, 0.3) is 0 Å². The van der Waals surface area contributed by atoms with E-state index in [1.165, 1.54) is 148 Å². The number of rotatable bonds is 45. The molecule has 0 aromatic carbocycles. The molecule has 0 amide bonds. The summed E-state index contributed by atoms with van der Waals surface area (Å²) >= 11 is 0. The smallest absolute Gasteiger partial charge is 0.495 e. The fraction of sp³-hybridized carbons (Fsp3) is 0.898. The monoisotopic (exact) mass is 817 g/mol. The van der Waals surface area contributed by atoms with Gasteiger partial charge in [-0.15, -0.1) is 13.1 Å². The average molecular weight is 817 g/mol. The molecule has 0 atom stereocenters. The summed E-state index contributed by atoms with van der Waals surface area (Å²) in [4.78, 5) is 15.2. The number of aliphatic hydroxyl groups is 1. The molecule has 0 spiro atoms. The van der Waals surface area contributed by atoms with E-state index in [0.29, 0.717) is 12.5 Å². The van der Waals surface area contributed by atoms with Gasteiger partial charge in [-0.2, -0.15) is 12.8 Å². The number of carbonyl (C=O) groups is 1. The minimum Gasteiger partial charge on any atom is -0.495 e. The van der Waals surface area contributed by atoms with Gasteiger partial charge in [0.25, 0.3) is 0 Å². The van der Waals surface area contributed by atoms with Crippen LogP contribution in [0.5, 0.6) is 0 Å². The van der Waals surface area contributed by atoms with Crippen molar-refractivity contribution >= 4 is 5.97 Å². The molecule has 0 rings (SSSR count). The fourth-order valence-electron chi connectivity index (χ4n) is 7.39. The first-order chi connectivity index (χ1) is 26.5. The van der Waals surface area contributed by atoms with Crippen LogP contribution in [0.1, 0.15) is 246 Å². The minimum absolute atomic E-state index is 0. The Morgan fingerprint density at radius 2 is 0.927 bits per heavy atom. The summed E-state index contributed by atoms with van der Waals surface area (Å²) in [6.45, 7) is 16.6. The molecule has 0 heterocycles. The maximum atomic E-state index is 12.7. The summed E-state index contributed by atoms with van der Waals surface area (Å²) in [5, 5.41) is 9.33. The van der Waals surface area contributed by atoms with Crippen molar-refractivity contribution in [2.75, 3.05) is 26.2 Å². The van der Waals surface area contributed by atoms with Crippen molar-refractivity contribution in [2.24, 2.45) is 0 Å². The van der Waals surface area contributed by atoms with Crippen LogP contribution in [0, 0.1) is 12.8 Å². The second-order valence-corrected chi connectivity index (χ2v) is 16.5. The summed E-state index contributed by atoms with van der Waals surface area (Å²) in [7, 11) is 0. The van der Waals surface area contributed by atoms with E-state index in [1.54, 1.807) is 0 Å². The number of ether oxygens (including phenoxy) is 2. The number of hydrogen-bond donors (Lipinski definition) is 1. The van der Waals surface area contributed by atoms with Crippen LogP contribution in [-0.2, 0) is 31.3 Å². The van der Waals surface area contributed by atoms with Crippen molar-refractivity contribution in [3.8, 4) is 0 Å². The Morgan fingerprint density at radius 1 is 0.527 bits per heavy atom. The molecule has 0 fully saturated rings. The molecule has 6 heteroatoms. The third kappa shape index (κ3) is 41.4. The first kappa shape index (κ1) is 56.5. The third-order valence-electron chi connectivity index (χ3n) is 11.0. The summed E-state index contributed by atoms with van der Waals surface area (Å²) in [5.41, 5.74) is 0. The van der Waals surface area contributed by atoms with Gasteiger partial charge in [-0.05, 0) is 83.6 Å². The van der Waals surface area contributed by atoms with Crippen molar-refractivity contribution in [1.29, 1.82) is 0 Å². The standard InChI is InChI=1S/C49H95NO4.Mn/c1-6-10-14-18-27-37-47(38-28-19-15-11-7-2)53-46(5)36-26-22-24-32-42-50(44-34-35-45-51)43-33-25-23-31-41-49(52)54-48(39-29-20-16-12-8-3)40-30-21-17-13-9-4;/h32-33,47-48,51H,5-31,34-45H2,1-4H3;/q-2;+2. The number of unbranched alkanes of at least 4 members (excludes halogenated alkanes) is 23. The van der Waals surface area contributed by atoms with Crippen LogP contribution < -0.4 is 0 Å². The van der Waals surface area contributed by atoms with E-state index in [4.69, 9.17) is 9.47 Å². The quantitative estimate of drug-likeness (QED) is 0.0218. The van der Waals surface area contributed by atoms with E-state index < -0.39 is 0 Å². The first-order valence-corrected chi connectivity index (χ1v) is 24.0. The van der Waals surface area contributed by atoms with E-state index in [2.05, 4.69) is 52.0 Å². The molecule has 327 valence electrons. The molecule has 1 radical (unpaired) electrons. The average Bonchev–Trinajstić information content (AvgIpc) is 3.16. The van der Waals surface area contributed by atoms with Gasteiger partial charge in [-0.1, -0.05) is 150 Å². The van der Waals surface area contributed by atoms with Gasteiger partial charge in [0.1, 0.15) is 6.10 Å². The van der Waals surface area contributed by atoms with Crippen LogP contribution in [0.3, 0.4) is 0 Å². The van der Waals surface area contributed by atoms with E-state index >= 15 is 0 Å². The zero-order valence-corrected chi connectivity index (χ0v) is 38.6. The molecule has 55 heavy (non-hydrogen) atoms. The van der Waals surface area contributed by atoms with Gasteiger partial charge in [-0.25, -0.2) is 0 Å². The summed E-state index contributed by atoms with van der Waals surface area (Å²) in [5.74, 6) is 0.999. The van der Waals surface area contributed by atoms with E-state index in [-0.39, 0.29) is 35.7 Å². The maximum Gasteiger partial charge on any atom is 2.00 e. The number of allylic oxidation sites excluding steroid dienone is 1. The van der Waals surface area contributed by atoms with Gasteiger partial charge < -0.3 is 32.3 Å². The molecule has 0 saturated heterocycles. The number of esters is 1. The second-order valence-electron chi connectivity index (χ2n) is 16.5. The van der Waals surface area contributed by atoms with Crippen molar-refractivity contribution in [3.05, 3.63) is 25.2 Å². The zero-order valence-electron chi connectivity index (χ0n) is 37.4. The molecule has 0 aliphatic rings. The van der Waals surface area contributed by atoms with E-state index in [9.17, 15) is 9.90 Å². The van der Waals surface area contributed by atoms with Gasteiger partial charge in [0.05, 0.1) is 11.9 Å². The Morgan fingerprint density at radius 3 is 1.35 bits per heavy atom. The second kappa shape index (κ2) is 46.1. The fourth-order valence-corrected chi connectivity index (χ4v) is 7.39. The predicted molar refractivity (Wildman–Crippen MR) is 236 cm³/mol. The molecular weight excluding hydrogens is 721 g/mol. The largest absolute Gasteiger partial charge is 2.00 e. The Hall–Kier alpha value is -0.551. The van der Waals surface area contributed by atoms with Gasteiger partial charge in [0.15, 0.2) is 0 Å². The molecular formula is C49H95MnNO4. The van der Waals surface area contributed by atoms with Crippen molar-refractivity contribution in [3.63, 3.8) is 0 Å². The zero-order chi connectivity index (χ0) is 39.6. The summed E-state index contributed by atoms with van der Waals surface area (Å²) in [6, 6.07) is 0. The molecule has 0 saturated carbocycles. The number of hydrogen-bond acceptors (Lipinski definition) is 5. The number of carbonyl (C=O) groups excluding carboxylic acids is 1. The van der Waals surface area contributed by atoms with Crippen molar-refractivity contribution < 1.29 is 36.4 Å². The van der Waals surface area contributed by atoms with Gasteiger partial charge in [-0.3, -0.25) is 4.79 Å². The van der Waals surface area contributed by atoms with Crippen LogP contribution in [0.4, 0.5) is 0 Å². The Balaban J connectivity index is 0. The van der Waals surface area contributed by atoms with Crippen molar-refractivity contribution in [1.82, 2.24) is 4.90 Å². The molecule has 0 aromatic rings. The normalized spacial score (nSPS) is 11.5. The number of aliphatic hydroxyl groups excluding tert-OH is 1. The SMILES string of the molecule is C=C(CCCC[CH-]CN(C[CH-]CCCCC(=O)OC(CCCCCCC)CCCCCCC)CCCCO)OC(CCCCCCC)CCCCCCC.[Mn+2]. The molecule has 0 bridgehead atoms.